The number of methoxy groups -OCH3 is 4. The van der Waals surface area contributed by atoms with E-state index in [0.717, 1.165) is 40.5 Å². The summed E-state index contributed by atoms with van der Waals surface area (Å²) >= 11 is 0. The van der Waals surface area contributed by atoms with Gasteiger partial charge in [-0.2, -0.15) is 0 Å². The van der Waals surface area contributed by atoms with Crippen LogP contribution in [0.2, 0.25) is 0 Å². The molecule has 132 valence electrons. The van der Waals surface area contributed by atoms with E-state index in [9.17, 15) is 0 Å². The van der Waals surface area contributed by atoms with E-state index >= 15 is 0 Å². The molecule has 0 aliphatic heterocycles. The zero-order valence-corrected chi connectivity index (χ0v) is 15.9. The maximum atomic E-state index is 5.68. The molecule has 0 aliphatic carbocycles. The minimum Gasteiger partial charge on any atom is -0.492 e. The Hall–Kier alpha value is -1.58. The molecule has 4 heteroatoms. The van der Waals surface area contributed by atoms with E-state index in [-0.39, 0.29) is 0 Å². The van der Waals surface area contributed by atoms with Crippen LogP contribution in [-0.4, -0.2) is 28.4 Å². The lowest BCUT2D eigenvalue weighted by Gasteiger charge is -2.25. The number of hydrogen-bond acceptors (Lipinski definition) is 4. The van der Waals surface area contributed by atoms with Crippen molar-refractivity contribution in [2.24, 2.45) is 5.92 Å². The first-order valence-corrected chi connectivity index (χ1v) is 8.29. The molecule has 0 saturated carbocycles. The van der Waals surface area contributed by atoms with Crippen molar-refractivity contribution in [1.82, 2.24) is 0 Å². The largest absolute Gasteiger partial charge is 0.492 e. The van der Waals surface area contributed by atoms with Crippen molar-refractivity contribution in [3.8, 4) is 23.0 Å². The molecule has 0 fully saturated rings. The van der Waals surface area contributed by atoms with Gasteiger partial charge in [0.2, 0.25) is 0 Å². The molecule has 0 saturated heterocycles. The quantitative estimate of drug-likeness (QED) is 0.643. The predicted octanol–water partition coefficient (Wildman–Crippen LogP) is 4.96. The Morgan fingerprint density at radius 3 is 1.48 bits per heavy atom. The van der Waals surface area contributed by atoms with E-state index in [4.69, 9.17) is 18.9 Å². The lowest BCUT2D eigenvalue weighted by atomic mass is 9.90. The molecule has 23 heavy (non-hydrogen) atoms. The number of benzene rings is 1. The summed E-state index contributed by atoms with van der Waals surface area (Å²) in [4.78, 5) is 0. The zero-order valence-electron chi connectivity index (χ0n) is 15.9. The molecule has 1 rings (SSSR count). The van der Waals surface area contributed by atoms with E-state index < -0.39 is 0 Å². The molecule has 0 spiro atoms. The van der Waals surface area contributed by atoms with Gasteiger partial charge in [0.1, 0.15) is 0 Å². The fourth-order valence-corrected chi connectivity index (χ4v) is 3.11. The Balaban J connectivity index is 3.36. The van der Waals surface area contributed by atoms with Gasteiger partial charge in [-0.05, 0) is 25.2 Å². The fourth-order valence-electron chi connectivity index (χ4n) is 3.11. The monoisotopic (exact) mass is 324 g/mol. The van der Waals surface area contributed by atoms with Crippen LogP contribution < -0.4 is 18.9 Å². The predicted molar refractivity (Wildman–Crippen MR) is 94.5 cm³/mol. The van der Waals surface area contributed by atoms with Crippen LogP contribution in [0.5, 0.6) is 23.0 Å². The SMILES string of the molecule is COc1c(C)c(OC)c(OC)c([C@@H](C)CCCC(C)C)c1OC. The maximum absolute atomic E-state index is 5.68. The molecule has 1 aromatic rings. The van der Waals surface area contributed by atoms with Crippen molar-refractivity contribution in [1.29, 1.82) is 0 Å². The van der Waals surface area contributed by atoms with Crippen molar-refractivity contribution >= 4 is 0 Å². The second-order valence-electron chi connectivity index (χ2n) is 6.40. The Morgan fingerprint density at radius 1 is 0.696 bits per heavy atom. The number of ether oxygens (including phenoxy) is 4. The normalized spacial score (nSPS) is 12.2. The van der Waals surface area contributed by atoms with Gasteiger partial charge in [0, 0.05) is 11.1 Å². The molecule has 0 aliphatic rings. The molecular formula is C19H32O4. The smallest absolute Gasteiger partial charge is 0.168 e. The first-order valence-electron chi connectivity index (χ1n) is 8.29. The van der Waals surface area contributed by atoms with Crippen LogP contribution in [0.15, 0.2) is 0 Å². The van der Waals surface area contributed by atoms with E-state index in [1.54, 1.807) is 28.4 Å². The van der Waals surface area contributed by atoms with Crippen LogP contribution in [0.3, 0.4) is 0 Å². The molecule has 0 aromatic heterocycles. The highest BCUT2D eigenvalue weighted by atomic mass is 16.5. The standard InChI is InChI=1S/C19H32O4/c1-12(2)10-9-11-13(3)15-18(22-7)16(20-5)14(4)17(21-6)19(15)23-8/h12-13H,9-11H2,1-8H3/t13-/m0/s1. The van der Waals surface area contributed by atoms with Crippen LogP contribution in [0.25, 0.3) is 0 Å². The van der Waals surface area contributed by atoms with Gasteiger partial charge in [-0.15, -0.1) is 0 Å². The van der Waals surface area contributed by atoms with E-state index in [2.05, 4.69) is 20.8 Å². The molecule has 0 amide bonds. The van der Waals surface area contributed by atoms with Gasteiger partial charge >= 0.3 is 0 Å². The Bertz CT molecular complexity index is 476. The summed E-state index contributed by atoms with van der Waals surface area (Å²) in [5.74, 6) is 3.95. The summed E-state index contributed by atoms with van der Waals surface area (Å²) in [5.41, 5.74) is 1.92. The Morgan fingerprint density at radius 2 is 1.13 bits per heavy atom. The van der Waals surface area contributed by atoms with Crippen molar-refractivity contribution in [3.05, 3.63) is 11.1 Å². The average Bonchev–Trinajstić information content (AvgIpc) is 2.52. The van der Waals surface area contributed by atoms with Gasteiger partial charge in [0.15, 0.2) is 23.0 Å². The van der Waals surface area contributed by atoms with E-state index in [1.165, 1.54) is 12.8 Å². The second-order valence-corrected chi connectivity index (χ2v) is 6.40. The van der Waals surface area contributed by atoms with Gasteiger partial charge in [-0.3, -0.25) is 0 Å². The summed E-state index contributed by atoms with van der Waals surface area (Å²) in [6.07, 6.45) is 3.46. The lowest BCUT2D eigenvalue weighted by Crippen LogP contribution is -2.07. The minimum atomic E-state index is 0.294. The fraction of sp³-hybridized carbons (Fsp3) is 0.684. The summed E-state index contributed by atoms with van der Waals surface area (Å²) in [6.45, 7) is 8.67. The lowest BCUT2D eigenvalue weighted by molar-refractivity contribution is 0.316. The highest BCUT2D eigenvalue weighted by Gasteiger charge is 2.28. The summed E-state index contributed by atoms with van der Waals surface area (Å²) in [6, 6.07) is 0. The minimum absolute atomic E-state index is 0.294. The van der Waals surface area contributed by atoms with Crippen LogP contribution in [0.4, 0.5) is 0 Å². The highest BCUT2D eigenvalue weighted by molar-refractivity contribution is 5.67. The number of hydrogen-bond donors (Lipinski definition) is 0. The molecule has 0 heterocycles. The van der Waals surface area contributed by atoms with E-state index in [0.29, 0.717) is 11.8 Å². The van der Waals surface area contributed by atoms with Crippen LogP contribution in [-0.2, 0) is 0 Å². The molecule has 1 aromatic carbocycles. The Labute approximate surface area is 141 Å². The summed E-state index contributed by atoms with van der Waals surface area (Å²) < 4.78 is 22.5. The maximum Gasteiger partial charge on any atom is 0.168 e. The molecule has 0 unspecified atom stereocenters. The third-order valence-corrected chi connectivity index (χ3v) is 4.31. The Kier molecular flexibility index (Phi) is 7.53. The highest BCUT2D eigenvalue weighted by Crippen LogP contribution is 2.51. The third-order valence-electron chi connectivity index (χ3n) is 4.31. The van der Waals surface area contributed by atoms with Crippen LogP contribution >= 0.6 is 0 Å². The van der Waals surface area contributed by atoms with E-state index in [1.807, 2.05) is 6.92 Å². The van der Waals surface area contributed by atoms with Crippen molar-refractivity contribution in [2.45, 2.75) is 52.9 Å². The van der Waals surface area contributed by atoms with Crippen LogP contribution in [0, 0.1) is 12.8 Å². The van der Waals surface area contributed by atoms with Gasteiger partial charge in [0.25, 0.3) is 0 Å². The van der Waals surface area contributed by atoms with Crippen molar-refractivity contribution in [2.75, 3.05) is 28.4 Å². The molecular weight excluding hydrogens is 292 g/mol. The summed E-state index contributed by atoms with van der Waals surface area (Å²) in [7, 11) is 6.66. The molecule has 0 N–H and O–H groups in total. The van der Waals surface area contributed by atoms with Gasteiger partial charge < -0.3 is 18.9 Å². The molecule has 4 nitrogen and oxygen atoms in total. The molecule has 1 atom stereocenters. The first-order chi connectivity index (χ1) is 10.9. The van der Waals surface area contributed by atoms with Crippen molar-refractivity contribution in [3.63, 3.8) is 0 Å². The van der Waals surface area contributed by atoms with Crippen molar-refractivity contribution < 1.29 is 18.9 Å². The molecule has 0 bridgehead atoms. The van der Waals surface area contributed by atoms with Crippen LogP contribution in [0.1, 0.15) is 57.1 Å². The van der Waals surface area contributed by atoms with Gasteiger partial charge in [-0.1, -0.05) is 33.6 Å². The average molecular weight is 324 g/mol. The summed E-state index contributed by atoms with van der Waals surface area (Å²) in [5, 5.41) is 0. The van der Waals surface area contributed by atoms with Gasteiger partial charge in [0.05, 0.1) is 28.4 Å². The first kappa shape index (κ1) is 19.5. The molecule has 0 radical (unpaired) electrons. The zero-order chi connectivity index (χ0) is 17.6. The topological polar surface area (TPSA) is 36.9 Å². The number of rotatable bonds is 9. The van der Waals surface area contributed by atoms with Gasteiger partial charge in [-0.25, -0.2) is 0 Å². The second kappa shape index (κ2) is 8.90. The third kappa shape index (κ3) is 4.24.